The summed E-state index contributed by atoms with van der Waals surface area (Å²) in [5.74, 6) is -6.54. The molecule has 0 bridgehead atoms. The minimum Gasteiger partial charge on any atom is -0.458 e. The summed E-state index contributed by atoms with van der Waals surface area (Å²) < 4.78 is 43.9. The first-order valence-corrected chi connectivity index (χ1v) is 28.9. The predicted molar refractivity (Wildman–Crippen MR) is 309 cm³/mol. The maximum atomic E-state index is 15.5. The number of carbonyl (C=O) groups excluding carboxylic acids is 10. The number of pyridine rings is 2. The molecule has 88 heavy (non-hydrogen) atoms. The van der Waals surface area contributed by atoms with Crippen molar-refractivity contribution in [3.05, 3.63) is 110 Å². The zero-order chi connectivity index (χ0) is 63.1. The number of amides is 9. The Morgan fingerprint density at radius 1 is 0.750 bits per heavy atom. The lowest BCUT2D eigenvalue weighted by atomic mass is 9.81. The van der Waals surface area contributed by atoms with Crippen LogP contribution in [-0.4, -0.2) is 176 Å². The third-order valence-corrected chi connectivity index (χ3v) is 15.3. The topological polar surface area (TPSA) is 359 Å². The van der Waals surface area contributed by atoms with Crippen LogP contribution in [-0.2, 0) is 103 Å². The van der Waals surface area contributed by atoms with Gasteiger partial charge in [-0.1, -0.05) is 37.3 Å². The molecule has 4 aromatic rings. The number of aliphatic hydroxyl groups is 1. The van der Waals surface area contributed by atoms with E-state index < -0.39 is 108 Å². The Balaban J connectivity index is 0.723. The zero-order valence-corrected chi connectivity index (χ0v) is 49.0. The summed E-state index contributed by atoms with van der Waals surface area (Å²) in [6.45, 7) is 4.94. The number of halogens is 1. The van der Waals surface area contributed by atoms with Crippen molar-refractivity contribution in [1.82, 2.24) is 51.7 Å². The van der Waals surface area contributed by atoms with Crippen molar-refractivity contribution in [2.45, 2.75) is 96.2 Å². The van der Waals surface area contributed by atoms with Crippen LogP contribution in [0.15, 0.2) is 59.4 Å². The second-order valence-electron chi connectivity index (χ2n) is 21.2. The maximum Gasteiger partial charge on any atom is 0.343 e. The second-order valence-corrected chi connectivity index (χ2v) is 21.2. The summed E-state index contributed by atoms with van der Waals surface area (Å²) in [7, 11) is 0. The number of fused-ring (bicyclic) bond motifs is 5. The van der Waals surface area contributed by atoms with Gasteiger partial charge >= 0.3 is 5.97 Å². The lowest BCUT2D eigenvalue weighted by molar-refractivity contribution is -0.172. The molecule has 3 aliphatic heterocycles. The van der Waals surface area contributed by atoms with Crippen molar-refractivity contribution in [2.75, 3.05) is 85.6 Å². The van der Waals surface area contributed by atoms with Crippen LogP contribution in [0.1, 0.15) is 84.5 Å². The number of nitrogens with one attached hydrogen (secondary N) is 7. The number of carbonyl (C=O) groups is 10. The highest BCUT2D eigenvalue weighted by atomic mass is 19.1. The highest BCUT2D eigenvalue weighted by Gasteiger charge is 2.46. The molecule has 0 fully saturated rings. The van der Waals surface area contributed by atoms with E-state index in [1.807, 2.05) is 0 Å². The number of benzene rings is 2. The molecule has 28 heteroatoms. The van der Waals surface area contributed by atoms with Crippen LogP contribution in [0, 0.1) is 12.7 Å². The molecule has 0 unspecified atom stereocenters. The fraction of sp³-hybridized carbons (Fsp3) is 0.467. The SMILES string of the molecule is CC[C@@]1(O)C(=O)OCc2c1cc1n(c2=O)Cc2c-1nc1cc(F)c(C)c3c1c2[C@@H](NC(=O)[C@H](C)NC(=O)CNC(=O)[C@H](Cc1ccccc1)NC(=O)CNC(=O)CNC(=O)CCOCCOCCOCCOCCNC(=O)CCN1C(=O)C=CC1=O)CC3. The van der Waals surface area contributed by atoms with E-state index in [-0.39, 0.29) is 114 Å². The van der Waals surface area contributed by atoms with Crippen LogP contribution >= 0.6 is 0 Å². The Kier molecular flexibility index (Phi) is 22.4. The van der Waals surface area contributed by atoms with Crippen LogP contribution in [0.25, 0.3) is 22.3 Å². The standard InChI is InChI=1S/C60H71FN10O17/c1-4-60(83)40-27-45-55-38(32-71(45)58(81)39(40)33-88-59(60)82)54-42(11-10-37-34(2)41(61)28-43(68-55)53(37)54)69-56(79)35(3)66-49(75)31-65-57(80)44(26-36-8-6-5-7-9-36)67-50(76)30-64-48(74)29-63-47(73)15-18-84-20-22-86-24-25-87-23-21-85-19-16-62-46(72)14-17-70-51(77)12-13-52(70)78/h5-9,12-13,27-28,35,42,44,83H,4,10-11,14-26,29-33H2,1-3H3,(H,62,72)(H,63,73)(H,64,74)(H,65,80)(H,66,75)(H,67,76)(H,69,79)/t35-,42-,44-,60-/m0/s1. The lowest BCUT2D eigenvalue weighted by Gasteiger charge is -2.31. The molecule has 8 N–H and O–H groups in total. The van der Waals surface area contributed by atoms with Gasteiger partial charge in [0, 0.05) is 67.1 Å². The first kappa shape index (κ1) is 65.2. The minimum atomic E-state index is -2.07. The molecule has 9 amide bonds. The quantitative estimate of drug-likeness (QED) is 0.0147. The van der Waals surface area contributed by atoms with Crippen molar-refractivity contribution in [1.29, 1.82) is 0 Å². The van der Waals surface area contributed by atoms with Gasteiger partial charge in [-0.15, -0.1) is 0 Å². The molecule has 0 spiro atoms. The average molecular weight is 1220 g/mol. The molecule has 4 atom stereocenters. The number of rotatable bonds is 32. The molecular weight excluding hydrogens is 1150 g/mol. The van der Waals surface area contributed by atoms with Crippen LogP contribution in [0.5, 0.6) is 0 Å². The Bertz CT molecular complexity index is 3430. The fourth-order valence-electron chi connectivity index (χ4n) is 10.6. The van der Waals surface area contributed by atoms with Gasteiger partial charge in [0.1, 0.15) is 24.5 Å². The number of aromatic nitrogens is 2. The second kappa shape index (κ2) is 30.2. The van der Waals surface area contributed by atoms with Gasteiger partial charge in [0.05, 0.1) is 108 Å². The molecule has 2 aromatic heterocycles. The first-order valence-electron chi connectivity index (χ1n) is 28.9. The monoisotopic (exact) mass is 1220 g/mol. The van der Waals surface area contributed by atoms with Gasteiger partial charge in [0.15, 0.2) is 5.60 Å². The van der Waals surface area contributed by atoms with Crippen LogP contribution in [0.4, 0.5) is 4.39 Å². The Hall–Kier alpha value is -8.83. The Labute approximate surface area is 504 Å². The lowest BCUT2D eigenvalue weighted by Crippen LogP contribution is -2.53. The molecule has 4 aliphatic rings. The summed E-state index contributed by atoms with van der Waals surface area (Å²) in [4.78, 5) is 147. The van der Waals surface area contributed by atoms with Gasteiger partial charge in [0.2, 0.25) is 41.4 Å². The van der Waals surface area contributed by atoms with Crippen LogP contribution < -0.4 is 42.8 Å². The third-order valence-electron chi connectivity index (χ3n) is 15.3. The van der Waals surface area contributed by atoms with E-state index in [1.54, 1.807) is 50.2 Å². The van der Waals surface area contributed by atoms with Crippen LogP contribution in [0.2, 0.25) is 0 Å². The van der Waals surface area contributed by atoms with Gasteiger partial charge in [-0.2, -0.15) is 0 Å². The number of hydrogen-bond acceptors (Lipinski definition) is 18. The number of hydrogen-bond donors (Lipinski definition) is 8. The predicted octanol–water partition coefficient (Wildman–Crippen LogP) is -0.901. The Morgan fingerprint density at radius 3 is 2.07 bits per heavy atom. The van der Waals surface area contributed by atoms with Crippen molar-refractivity contribution in [2.24, 2.45) is 0 Å². The van der Waals surface area contributed by atoms with E-state index in [4.69, 9.17) is 28.7 Å². The first-order chi connectivity index (χ1) is 42.3. The van der Waals surface area contributed by atoms with Crippen LogP contribution in [0.3, 0.4) is 0 Å². The molecule has 0 saturated heterocycles. The normalized spacial score (nSPS) is 16.9. The average Bonchev–Trinajstić information content (AvgIpc) is 2.32. The Morgan fingerprint density at radius 2 is 1.38 bits per heavy atom. The molecule has 8 rings (SSSR count). The summed E-state index contributed by atoms with van der Waals surface area (Å²) >= 11 is 0. The molecule has 27 nitrogen and oxygen atoms in total. The highest BCUT2D eigenvalue weighted by Crippen LogP contribution is 2.46. The number of ether oxygens (including phenoxy) is 5. The molecule has 2 aromatic carbocycles. The molecule has 1 aliphatic carbocycles. The number of aryl methyl sites for hydroxylation is 1. The van der Waals surface area contributed by atoms with E-state index in [1.165, 1.54) is 17.6 Å². The van der Waals surface area contributed by atoms with E-state index in [0.717, 1.165) is 17.1 Å². The van der Waals surface area contributed by atoms with Crippen molar-refractivity contribution < 1.29 is 81.1 Å². The van der Waals surface area contributed by atoms with E-state index >= 15 is 4.39 Å². The maximum absolute atomic E-state index is 15.5. The zero-order valence-electron chi connectivity index (χ0n) is 49.0. The number of imide groups is 1. The molecule has 0 radical (unpaired) electrons. The number of cyclic esters (lactones) is 1. The smallest absolute Gasteiger partial charge is 0.343 e. The molecule has 470 valence electrons. The fourth-order valence-corrected chi connectivity index (χ4v) is 10.6. The summed E-state index contributed by atoms with van der Waals surface area (Å²) in [6.07, 6.45) is 2.88. The molecule has 5 heterocycles. The third kappa shape index (κ3) is 16.0. The van der Waals surface area contributed by atoms with Crippen molar-refractivity contribution >= 4 is 70.0 Å². The van der Waals surface area contributed by atoms with Gasteiger partial charge in [-0.3, -0.25) is 52.8 Å². The summed E-state index contributed by atoms with van der Waals surface area (Å²) in [6, 6.07) is 8.53. The van der Waals surface area contributed by atoms with E-state index in [9.17, 15) is 57.8 Å². The van der Waals surface area contributed by atoms with Crippen molar-refractivity contribution in [3.8, 4) is 11.4 Å². The summed E-state index contributed by atoms with van der Waals surface area (Å²) in [5.41, 5.74) is 1.57. The molecular formula is C60H71FN10O17. The van der Waals surface area contributed by atoms with Gasteiger partial charge in [-0.05, 0) is 61.4 Å². The highest BCUT2D eigenvalue weighted by molar-refractivity contribution is 6.13. The number of nitrogens with zero attached hydrogens (tertiary/aromatic N) is 3. The minimum absolute atomic E-state index is 0.00432. The number of esters is 1. The summed E-state index contributed by atoms with van der Waals surface area (Å²) in [5, 5.41) is 30.2. The largest absolute Gasteiger partial charge is 0.458 e. The van der Waals surface area contributed by atoms with Crippen molar-refractivity contribution in [3.63, 3.8) is 0 Å². The van der Waals surface area contributed by atoms with Gasteiger partial charge in [0.25, 0.3) is 17.4 Å². The molecule has 0 saturated carbocycles. The van der Waals surface area contributed by atoms with Gasteiger partial charge in [-0.25, -0.2) is 14.2 Å². The van der Waals surface area contributed by atoms with Gasteiger partial charge < -0.3 is 70.6 Å². The van der Waals surface area contributed by atoms with E-state index in [0.29, 0.717) is 70.6 Å². The van der Waals surface area contributed by atoms with E-state index in [2.05, 4.69) is 37.2 Å².